The van der Waals surface area contributed by atoms with E-state index in [2.05, 4.69) is 510 Å². The monoisotopic (exact) mass is 1840 g/mol. The normalized spacial score (nSPS) is 11.7. The zero-order valence-corrected chi connectivity index (χ0v) is 79.0. The van der Waals surface area contributed by atoms with Crippen molar-refractivity contribution in [1.29, 1.82) is 0 Å². The highest BCUT2D eigenvalue weighted by atomic mass is 16.3. The van der Waals surface area contributed by atoms with Gasteiger partial charge in [-0.05, 0) is 261 Å². The van der Waals surface area contributed by atoms with Gasteiger partial charge in [-0.25, -0.2) is 0 Å². The lowest BCUT2D eigenvalue weighted by molar-refractivity contribution is 0.668. The molecule has 0 N–H and O–H groups in total. The Kier molecular flexibility index (Phi) is 20.3. The van der Waals surface area contributed by atoms with Crippen molar-refractivity contribution in [3.63, 3.8) is 0 Å². The zero-order chi connectivity index (χ0) is 95.5. The van der Waals surface area contributed by atoms with Crippen molar-refractivity contribution in [3.05, 3.63) is 534 Å². The summed E-state index contributed by atoms with van der Waals surface area (Å²) in [6, 6.07) is 193. The Labute approximate surface area is 836 Å². The lowest BCUT2D eigenvalue weighted by Crippen LogP contribution is -1.92. The first-order chi connectivity index (χ1) is 72.0. The van der Waals surface area contributed by atoms with Gasteiger partial charge in [-0.15, -0.1) is 0 Å². The van der Waals surface area contributed by atoms with Crippen LogP contribution in [0, 0.1) is 0 Å². The molecular weight excluding hydrogens is 1750 g/mol. The number of hydrogen-bond acceptors (Lipinski definition) is 3. The first kappa shape index (κ1) is 84.0. The molecule has 0 aliphatic carbocycles. The van der Waals surface area contributed by atoms with Gasteiger partial charge in [0.25, 0.3) is 0 Å². The summed E-state index contributed by atoms with van der Waals surface area (Å²) in [7, 11) is 0. The third-order valence-electron chi connectivity index (χ3n) is 30.0. The van der Waals surface area contributed by atoms with Gasteiger partial charge in [0.2, 0.25) is 0 Å². The van der Waals surface area contributed by atoms with Crippen LogP contribution in [0.2, 0.25) is 0 Å². The molecule has 0 radical (unpaired) electrons. The van der Waals surface area contributed by atoms with Crippen LogP contribution in [0.5, 0.6) is 0 Å². The van der Waals surface area contributed by atoms with Gasteiger partial charge in [-0.1, -0.05) is 491 Å². The molecule has 27 aromatic carbocycles. The molecule has 0 aliphatic rings. The van der Waals surface area contributed by atoms with Crippen LogP contribution in [0.3, 0.4) is 0 Å². The van der Waals surface area contributed by atoms with Crippen LogP contribution >= 0.6 is 0 Å². The summed E-state index contributed by atoms with van der Waals surface area (Å²) < 4.78 is 18.8. The summed E-state index contributed by atoms with van der Waals surface area (Å²) >= 11 is 0. The maximum Gasteiger partial charge on any atom is 0.136 e. The van der Waals surface area contributed by atoms with Crippen LogP contribution in [0.15, 0.2) is 547 Å². The Morgan fingerprint density at radius 1 is 0.0966 bits per heavy atom. The largest absolute Gasteiger partial charge is 0.456 e. The molecule has 3 heteroatoms. The van der Waals surface area contributed by atoms with Crippen molar-refractivity contribution in [3.8, 4) is 122 Å². The number of fused-ring (bicyclic) bond motifs is 19. The third-order valence-corrected chi connectivity index (χ3v) is 30.0. The SMILES string of the molecule is c1ccc(-c2c(-c3ccc(-c4c5ccccc5c(-c5cccc6ccccc56)c5ccccc45)cc3)ccc3oc4ccccc4c23)cc1.c1ccc2c(-c3c4ccccc4c(-c4ccc(-c5ccc6oc7ccccc7c6c5)cc4)c4ccccc34)cccc2c1.c1ccc2c(-c3c4ccccc4c(-c4ccc(-c5ccc6oc7ccccc7c6c5-c5cccc6ccccc56)cc4)c4ccccc34)cccc2c1. The molecule has 30 aromatic rings. The van der Waals surface area contributed by atoms with Crippen molar-refractivity contribution < 1.29 is 13.3 Å². The number of rotatable bonds is 11. The van der Waals surface area contributed by atoms with Gasteiger partial charge in [0.05, 0.1) is 0 Å². The first-order valence-electron chi connectivity index (χ1n) is 49.9. The Bertz CT molecular complexity index is 10300. The lowest BCUT2D eigenvalue weighted by Gasteiger charge is -2.19. The molecule has 0 unspecified atom stereocenters. The van der Waals surface area contributed by atoms with Crippen LogP contribution in [-0.4, -0.2) is 0 Å². The van der Waals surface area contributed by atoms with Crippen LogP contribution in [0.1, 0.15) is 0 Å². The van der Waals surface area contributed by atoms with E-state index in [-0.39, 0.29) is 0 Å². The first-order valence-corrected chi connectivity index (χ1v) is 49.9. The average Bonchev–Trinajstić information content (AvgIpc) is 1.45. The number of benzene rings is 27. The molecule has 3 heterocycles. The fourth-order valence-electron chi connectivity index (χ4n) is 23.6. The molecule has 0 atom stereocenters. The van der Waals surface area contributed by atoms with Crippen molar-refractivity contribution >= 4 is 174 Å². The molecule has 30 rings (SSSR count). The van der Waals surface area contributed by atoms with Gasteiger partial charge in [-0.2, -0.15) is 0 Å². The highest BCUT2D eigenvalue weighted by Gasteiger charge is 2.27. The van der Waals surface area contributed by atoms with Crippen LogP contribution in [0.4, 0.5) is 0 Å². The van der Waals surface area contributed by atoms with Gasteiger partial charge >= 0.3 is 0 Å². The second kappa shape index (κ2) is 35.1. The van der Waals surface area contributed by atoms with Crippen LogP contribution in [-0.2, 0) is 0 Å². The van der Waals surface area contributed by atoms with E-state index >= 15 is 0 Å². The Hall–Kier alpha value is -19.1. The molecule has 0 amide bonds. The van der Waals surface area contributed by atoms with Crippen molar-refractivity contribution in [1.82, 2.24) is 0 Å². The molecule has 674 valence electrons. The van der Waals surface area contributed by atoms with Gasteiger partial charge in [-0.3, -0.25) is 0 Å². The number of hydrogen-bond donors (Lipinski definition) is 0. The van der Waals surface area contributed by atoms with Gasteiger partial charge in [0.1, 0.15) is 33.5 Å². The average molecular weight is 1840 g/mol. The molecule has 3 nitrogen and oxygen atoms in total. The minimum Gasteiger partial charge on any atom is -0.456 e. The molecule has 0 saturated heterocycles. The summed E-state index contributed by atoms with van der Waals surface area (Å²) in [4.78, 5) is 0. The smallest absolute Gasteiger partial charge is 0.136 e. The second-order valence-electron chi connectivity index (χ2n) is 38.0. The number of furan rings is 3. The molecule has 0 aliphatic heterocycles. The maximum absolute atomic E-state index is 6.44. The summed E-state index contributed by atoms with van der Waals surface area (Å²) in [5.74, 6) is 0. The molecule has 145 heavy (non-hydrogen) atoms. The topological polar surface area (TPSA) is 39.4 Å². The number of para-hydroxylation sites is 3. The Morgan fingerprint density at radius 2 is 0.317 bits per heavy atom. The Morgan fingerprint density at radius 3 is 0.669 bits per heavy atom. The van der Waals surface area contributed by atoms with Crippen molar-refractivity contribution in [2.45, 2.75) is 0 Å². The van der Waals surface area contributed by atoms with Crippen LogP contribution < -0.4 is 0 Å². The lowest BCUT2D eigenvalue weighted by atomic mass is 9.84. The van der Waals surface area contributed by atoms with Gasteiger partial charge < -0.3 is 13.3 Å². The van der Waals surface area contributed by atoms with Crippen LogP contribution in [0.25, 0.3) is 296 Å². The van der Waals surface area contributed by atoms with E-state index in [1.807, 2.05) is 24.3 Å². The van der Waals surface area contributed by atoms with E-state index in [9.17, 15) is 0 Å². The van der Waals surface area contributed by atoms with E-state index in [1.165, 1.54) is 230 Å². The maximum atomic E-state index is 6.44. The summed E-state index contributed by atoms with van der Waals surface area (Å²) in [5.41, 5.74) is 32.5. The molecule has 3 aromatic heterocycles. The molecule has 0 bridgehead atoms. The zero-order valence-electron chi connectivity index (χ0n) is 79.0. The standard InChI is InChI=1S/C52H32O.C48H30O.C42H26O/c1-3-17-37-33(13-1)15-11-24-40(37)50-44-21-7-5-19-42(44)49(43-20-6-8-22-45(43)50)36-29-27-35(28-30-36)39-31-32-48-52(46-23-9-10-26-47(46)53-48)51(39)41-25-12-16-34-14-2-4-18-38(34)41;1-2-14-33(15-3-1)46-36(29-30-44-48(46)42-22-10-11-24-43(42)49-44)32-25-27-34(28-26-32)45-38-18-6-8-20-40(38)47(41-21-9-7-19-39(41)45)37-23-12-16-31-13-4-5-17-35(31)37;1-2-12-31-28(10-1)11-9-18-33(31)42-36-16-5-3-14-34(36)41(35-15-4-6-17-37(35)42)29-22-20-27(21-23-29)30-24-25-40-38(26-30)32-13-7-8-19-39(32)43-40/h1-32H;1-30H;1-26H. The molecule has 0 saturated carbocycles. The predicted octanol–water partition coefficient (Wildman–Crippen LogP) is 40.6. The Balaban J connectivity index is 0.000000106. The third kappa shape index (κ3) is 14.2. The summed E-state index contributed by atoms with van der Waals surface area (Å²) in [6.07, 6.45) is 0. The molecule has 0 fully saturated rings. The fraction of sp³-hybridized carbons (Fsp3) is 0. The van der Waals surface area contributed by atoms with Gasteiger partial charge in [0.15, 0.2) is 0 Å². The van der Waals surface area contributed by atoms with E-state index in [0.717, 1.165) is 65.8 Å². The predicted molar refractivity (Wildman–Crippen MR) is 616 cm³/mol. The highest BCUT2D eigenvalue weighted by Crippen LogP contribution is 2.54. The molecule has 0 spiro atoms. The van der Waals surface area contributed by atoms with E-state index < -0.39 is 0 Å². The quantitative estimate of drug-likeness (QED) is 0.121. The summed E-state index contributed by atoms with van der Waals surface area (Å²) in [5, 5.41) is 32.1. The fourth-order valence-corrected chi connectivity index (χ4v) is 23.6. The highest BCUT2D eigenvalue weighted by molar-refractivity contribution is 6.29. The van der Waals surface area contributed by atoms with Crippen molar-refractivity contribution in [2.75, 3.05) is 0 Å². The van der Waals surface area contributed by atoms with E-state index in [1.54, 1.807) is 0 Å². The van der Waals surface area contributed by atoms with E-state index in [4.69, 9.17) is 13.3 Å². The van der Waals surface area contributed by atoms with E-state index in [0.29, 0.717) is 0 Å². The van der Waals surface area contributed by atoms with Gasteiger partial charge in [0, 0.05) is 43.4 Å². The minimum atomic E-state index is 0.902. The molecular formula is C142H88O3. The summed E-state index contributed by atoms with van der Waals surface area (Å²) in [6.45, 7) is 0. The van der Waals surface area contributed by atoms with Crippen molar-refractivity contribution in [2.24, 2.45) is 0 Å². The second-order valence-corrected chi connectivity index (χ2v) is 38.0. The minimum absolute atomic E-state index is 0.902.